The summed E-state index contributed by atoms with van der Waals surface area (Å²) in [5.41, 5.74) is 1.02. The van der Waals surface area contributed by atoms with Crippen molar-refractivity contribution in [3.8, 4) is 0 Å². The van der Waals surface area contributed by atoms with Gasteiger partial charge >= 0.3 is 0 Å². The maximum atomic E-state index is 12.9. The lowest BCUT2D eigenvalue weighted by Gasteiger charge is -2.33. The van der Waals surface area contributed by atoms with Crippen LogP contribution in [-0.4, -0.2) is 51.0 Å². The molecule has 0 N–H and O–H groups in total. The van der Waals surface area contributed by atoms with E-state index in [9.17, 15) is 8.42 Å². The first-order valence-corrected chi connectivity index (χ1v) is 11.6. The summed E-state index contributed by atoms with van der Waals surface area (Å²) in [5, 5.41) is 0. The summed E-state index contributed by atoms with van der Waals surface area (Å²) in [4.78, 5) is 0.217. The maximum Gasteiger partial charge on any atom is 0.285 e. The molecule has 3 rings (SSSR count). The standard InChI is InChI=1S/C17H26N3O3PS/c1-15-9-11-17(12-10-15)25(21,22)18-24(19(2)13-14-20(24)3)23-16-7-5-4-6-8-16/h5,7,9-12,16H,4,6,8,13-14H2,1-3H3. The predicted molar refractivity (Wildman–Crippen MR) is 101 cm³/mol. The summed E-state index contributed by atoms with van der Waals surface area (Å²) in [6.07, 6.45) is 7.07. The van der Waals surface area contributed by atoms with Gasteiger partial charge in [-0.1, -0.05) is 29.8 Å². The Balaban J connectivity index is 2.04. The number of hydrogen-bond donors (Lipinski definition) is 0. The minimum atomic E-state index is -3.79. The summed E-state index contributed by atoms with van der Waals surface area (Å²) >= 11 is 0. The minimum Gasteiger partial charge on any atom is -0.313 e. The fourth-order valence-electron chi connectivity index (χ4n) is 3.06. The third kappa shape index (κ3) is 3.91. The molecular weight excluding hydrogens is 357 g/mol. The SMILES string of the molecule is Cc1ccc(S(=O)(=O)N=P2(OC3C=CCCC3)N(C)CCN2C)cc1. The van der Waals surface area contributed by atoms with Crippen molar-refractivity contribution < 1.29 is 12.9 Å². The summed E-state index contributed by atoms with van der Waals surface area (Å²) in [7, 11) is -2.74. The molecule has 0 amide bonds. The highest BCUT2D eigenvalue weighted by atomic mass is 32.2. The van der Waals surface area contributed by atoms with E-state index in [0.717, 1.165) is 37.9 Å². The molecule has 0 spiro atoms. The maximum absolute atomic E-state index is 12.9. The van der Waals surface area contributed by atoms with Crippen LogP contribution in [-0.2, 0) is 14.5 Å². The molecule has 8 heteroatoms. The normalized spacial score (nSPS) is 24.5. The zero-order valence-electron chi connectivity index (χ0n) is 15.0. The lowest BCUT2D eigenvalue weighted by molar-refractivity contribution is 0.223. The fraction of sp³-hybridized carbons (Fsp3) is 0.529. The second-order valence-corrected chi connectivity index (χ2v) is 11.3. The third-order valence-corrected chi connectivity index (χ3v) is 9.97. The van der Waals surface area contributed by atoms with E-state index >= 15 is 0 Å². The van der Waals surface area contributed by atoms with Gasteiger partial charge in [-0.05, 0) is 52.4 Å². The number of benzene rings is 1. The Morgan fingerprint density at radius 3 is 2.36 bits per heavy atom. The second-order valence-electron chi connectivity index (χ2n) is 6.65. The van der Waals surface area contributed by atoms with Gasteiger partial charge in [0.1, 0.15) is 0 Å². The van der Waals surface area contributed by atoms with Gasteiger partial charge < -0.3 is 4.52 Å². The van der Waals surface area contributed by atoms with Gasteiger partial charge in [0.15, 0.2) is 0 Å². The molecule has 1 aromatic carbocycles. The Labute approximate surface area is 150 Å². The van der Waals surface area contributed by atoms with Gasteiger partial charge in [-0.25, -0.2) is 9.34 Å². The van der Waals surface area contributed by atoms with Crippen LogP contribution in [0.5, 0.6) is 0 Å². The number of likely N-dealkylation sites (N-methyl/N-ethyl adjacent to an activating group) is 2. The van der Waals surface area contributed by atoms with Crippen molar-refractivity contribution in [3.63, 3.8) is 0 Å². The van der Waals surface area contributed by atoms with E-state index in [0.29, 0.717) is 0 Å². The van der Waals surface area contributed by atoms with Crippen LogP contribution in [0.1, 0.15) is 24.8 Å². The Hall–Kier alpha value is -0.980. The van der Waals surface area contributed by atoms with Crippen LogP contribution in [0.3, 0.4) is 0 Å². The Kier molecular flexibility index (Phi) is 5.51. The highest BCUT2D eigenvalue weighted by Gasteiger charge is 2.41. The summed E-state index contributed by atoms with van der Waals surface area (Å²) in [6.45, 7) is 3.42. The first-order valence-electron chi connectivity index (χ1n) is 8.57. The number of sulfonamides is 1. The largest absolute Gasteiger partial charge is 0.313 e. The fourth-order valence-corrected chi connectivity index (χ4v) is 8.27. The first-order chi connectivity index (χ1) is 11.8. The van der Waals surface area contributed by atoms with E-state index < -0.39 is 17.6 Å². The van der Waals surface area contributed by atoms with Gasteiger partial charge in [-0.15, -0.1) is 4.15 Å². The molecule has 138 valence electrons. The van der Waals surface area contributed by atoms with Crippen molar-refractivity contribution in [3.05, 3.63) is 42.0 Å². The molecule has 0 radical (unpaired) electrons. The molecule has 1 atom stereocenters. The molecule has 1 aliphatic carbocycles. The summed E-state index contributed by atoms with van der Waals surface area (Å²) in [6, 6.07) is 6.81. The Bertz CT molecular complexity index is 791. The molecule has 1 heterocycles. The van der Waals surface area contributed by atoms with E-state index in [2.05, 4.69) is 10.2 Å². The van der Waals surface area contributed by atoms with Crippen LogP contribution in [0.15, 0.2) is 45.5 Å². The highest BCUT2D eigenvalue weighted by Crippen LogP contribution is 2.61. The van der Waals surface area contributed by atoms with E-state index in [1.54, 1.807) is 24.3 Å². The Morgan fingerprint density at radius 1 is 1.16 bits per heavy atom. The molecule has 25 heavy (non-hydrogen) atoms. The molecular formula is C17H26N3O3PS. The van der Waals surface area contributed by atoms with Crippen molar-refractivity contribution in [2.75, 3.05) is 27.2 Å². The molecule has 0 aromatic heterocycles. The number of nitrogens with zero attached hydrogens (tertiary/aromatic N) is 3. The molecule has 1 aromatic rings. The topological polar surface area (TPSA) is 62.2 Å². The molecule has 6 nitrogen and oxygen atoms in total. The average Bonchev–Trinajstić information content (AvgIpc) is 2.84. The molecule has 0 bridgehead atoms. The number of allylic oxidation sites excluding steroid dienone is 1. The molecule has 0 saturated carbocycles. The van der Waals surface area contributed by atoms with Crippen LogP contribution >= 0.6 is 7.58 Å². The van der Waals surface area contributed by atoms with Crippen LogP contribution in [0, 0.1) is 6.92 Å². The molecule has 1 saturated heterocycles. The van der Waals surface area contributed by atoms with E-state index in [1.807, 2.05) is 36.4 Å². The number of rotatable bonds is 4. The number of hydrogen-bond acceptors (Lipinski definition) is 3. The smallest absolute Gasteiger partial charge is 0.285 e. The minimum absolute atomic E-state index is 0.0814. The highest BCUT2D eigenvalue weighted by molar-refractivity contribution is 7.93. The van der Waals surface area contributed by atoms with Crippen LogP contribution < -0.4 is 0 Å². The average molecular weight is 383 g/mol. The molecule has 1 aliphatic heterocycles. The van der Waals surface area contributed by atoms with Crippen LogP contribution in [0.4, 0.5) is 0 Å². The van der Waals surface area contributed by atoms with Crippen molar-refractivity contribution in [1.29, 1.82) is 0 Å². The van der Waals surface area contributed by atoms with Crippen molar-refractivity contribution in [2.45, 2.75) is 37.2 Å². The quantitative estimate of drug-likeness (QED) is 0.587. The van der Waals surface area contributed by atoms with Crippen LogP contribution in [0.2, 0.25) is 0 Å². The lowest BCUT2D eigenvalue weighted by Crippen LogP contribution is -2.22. The van der Waals surface area contributed by atoms with Gasteiger partial charge in [-0.3, -0.25) is 0 Å². The van der Waals surface area contributed by atoms with Gasteiger partial charge in [0.2, 0.25) is 7.58 Å². The molecule has 1 unspecified atom stereocenters. The van der Waals surface area contributed by atoms with Gasteiger partial charge in [0.25, 0.3) is 10.0 Å². The van der Waals surface area contributed by atoms with Crippen molar-refractivity contribution in [2.24, 2.45) is 4.15 Å². The number of aryl methyl sites for hydroxylation is 1. The third-order valence-electron chi connectivity index (χ3n) is 4.66. The van der Waals surface area contributed by atoms with Gasteiger partial charge in [-0.2, -0.15) is 8.42 Å². The van der Waals surface area contributed by atoms with E-state index in [1.165, 1.54) is 0 Å². The first kappa shape index (κ1) is 18.8. The second kappa shape index (κ2) is 7.33. The summed E-state index contributed by atoms with van der Waals surface area (Å²) < 4.78 is 40.6. The van der Waals surface area contributed by atoms with Crippen molar-refractivity contribution in [1.82, 2.24) is 9.34 Å². The molecule has 1 fully saturated rings. The zero-order valence-corrected chi connectivity index (χ0v) is 16.7. The Morgan fingerprint density at radius 2 is 1.80 bits per heavy atom. The lowest BCUT2D eigenvalue weighted by atomic mass is 10.1. The van der Waals surface area contributed by atoms with Gasteiger partial charge in [0, 0.05) is 13.1 Å². The summed E-state index contributed by atoms with van der Waals surface area (Å²) in [5.74, 6) is 0. The van der Waals surface area contributed by atoms with Crippen molar-refractivity contribution >= 4 is 17.6 Å². The van der Waals surface area contributed by atoms with Gasteiger partial charge in [0.05, 0.1) is 11.0 Å². The van der Waals surface area contributed by atoms with E-state index in [-0.39, 0.29) is 11.0 Å². The van der Waals surface area contributed by atoms with Crippen LogP contribution in [0.25, 0.3) is 0 Å². The monoisotopic (exact) mass is 383 g/mol. The predicted octanol–water partition coefficient (Wildman–Crippen LogP) is 3.63. The zero-order chi connectivity index (χ0) is 18.1. The molecule has 2 aliphatic rings. The van der Waals surface area contributed by atoms with E-state index in [4.69, 9.17) is 4.52 Å².